The van der Waals surface area contributed by atoms with Gasteiger partial charge in [0.05, 0.1) is 19.4 Å². The first-order chi connectivity index (χ1) is 9.57. The number of sulfonamides is 1. The zero-order valence-electron chi connectivity index (χ0n) is 11.9. The standard InChI is InChI=1S/C12H22N4O3S/c1-3-4-13-7-11-8-14-15-12(11)20(17,18)16-5-6-19-9-10(16)2/h8,10,13H,3-7,9H2,1-2H3,(H,14,15). The molecule has 1 aromatic rings. The first-order valence-electron chi connectivity index (χ1n) is 6.90. The molecule has 0 amide bonds. The molecule has 1 unspecified atom stereocenters. The number of nitrogens with zero attached hydrogens (tertiary/aromatic N) is 2. The molecule has 1 saturated heterocycles. The maximum atomic E-state index is 12.7. The van der Waals surface area contributed by atoms with Crippen molar-refractivity contribution in [3.05, 3.63) is 11.8 Å². The summed E-state index contributed by atoms with van der Waals surface area (Å²) in [6.07, 6.45) is 2.57. The second-order valence-electron chi connectivity index (χ2n) is 4.94. The van der Waals surface area contributed by atoms with E-state index in [1.54, 1.807) is 6.20 Å². The Labute approximate surface area is 119 Å². The highest BCUT2D eigenvalue weighted by molar-refractivity contribution is 7.89. The Bertz CT molecular complexity index is 529. The van der Waals surface area contributed by atoms with Crippen molar-refractivity contribution in [2.75, 3.05) is 26.3 Å². The van der Waals surface area contributed by atoms with Gasteiger partial charge >= 0.3 is 0 Å². The summed E-state index contributed by atoms with van der Waals surface area (Å²) in [6.45, 7) is 6.50. The summed E-state index contributed by atoms with van der Waals surface area (Å²) in [7, 11) is -3.54. The quantitative estimate of drug-likeness (QED) is 0.739. The first kappa shape index (κ1) is 15.4. The van der Waals surface area contributed by atoms with E-state index >= 15 is 0 Å². The van der Waals surface area contributed by atoms with Crippen LogP contribution in [0.15, 0.2) is 11.2 Å². The third kappa shape index (κ3) is 3.20. The summed E-state index contributed by atoms with van der Waals surface area (Å²) in [5.41, 5.74) is 0.678. The molecule has 2 heterocycles. The number of aromatic amines is 1. The highest BCUT2D eigenvalue weighted by Crippen LogP contribution is 2.21. The lowest BCUT2D eigenvalue weighted by Crippen LogP contribution is -2.47. The van der Waals surface area contributed by atoms with Crippen molar-refractivity contribution in [3.63, 3.8) is 0 Å². The molecule has 1 atom stereocenters. The second kappa shape index (κ2) is 6.66. The summed E-state index contributed by atoms with van der Waals surface area (Å²) in [5, 5.41) is 9.90. The van der Waals surface area contributed by atoms with E-state index < -0.39 is 10.0 Å². The Morgan fingerprint density at radius 3 is 3.10 bits per heavy atom. The number of hydrogen-bond acceptors (Lipinski definition) is 5. The molecule has 20 heavy (non-hydrogen) atoms. The Morgan fingerprint density at radius 1 is 1.60 bits per heavy atom. The zero-order chi connectivity index (χ0) is 14.6. The van der Waals surface area contributed by atoms with E-state index in [1.165, 1.54) is 4.31 Å². The molecule has 1 fully saturated rings. The number of rotatable bonds is 6. The van der Waals surface area contributed by atoms with Gasteiger partial charge in [0.25, 0.3) is 10.0 Å². The van der Waals surface area contributed by atoms with Gasteiger partial charge in [0.15, 0.2) is 5.03 Å². The molecule has 0 bridgehead atoms. The monoisotopic (exact) mass is 302 g/mol. The summed E-state index contributed by atoms with van der Waals surface area (Å²) >= 11 is 0. The maximum Gasteiger partial charge on any atom is 0.260 e. The van der Waals surface area contributed by atoms with Crippen molar-refractivity contribution in [1.29, 1.82) is 0 Å². The molecule has 114 valence electrons. The van der Waals surface area contributed by atoms with Gasteiger partial charge in [-0.3, -0.25) is 5.10 Å². The van der Waals surface area contributed by atoms with E-state index in [0.717, 1.165) is 13.0 Å². The first-order valence-corrected chi connectivity index (χ1v) is 8.34. The van der Waals surface area contributed by atoms with Crippen molar-refractivity contribution in [3.8, 4) is 0 Å². The van der Waals surface area contributed by atoms with Crippen LogP contribution < -0.4 is 5.32 Å². The Morgan fingerprint density at radius 2 is 2.40 bits per heavy atom. The van der Waals surface area contributed by atoms with Crippen LogP contribution in [0, 0.1) is 0 Å². The van der Waals surface area contributed by atoms with Crippen LogP contribution in [0.1, 0.15) is 25.8 Å². The number of morpholine rings is 1. The minimum absolute atomic E-state index is 0.159. The third-order valence-electron chi connectivity index (χ3n) is 3.29. The molecule has 8 heteroatoms. The number of H-pyrrole nitrogens is 1. The van der Waals surface area contributed by atoms with E-state index in [2.05, 4.69) is 22.4 Å². The minimum Gasteiger partial charge on any atom is -0.378 e. The van der Waals surface area contributed by atoms with Gasteiger partial charge in [-0.05, 0) is 19.9 Å². The molecular weight excluding hydrogens is 280 g/mol. The van der Waals surface area contributed by atoms with Crippen molar-refractivity contribution in [1.82, 2.24) is 19.8 Å². The fourth-order valence-corrected chi connectivity index (χ4v) is 3.94. The summed E-state index contributed by atoms with van der Waals surface area (Å²) in [6, 6.07) is -0.159. The van der Waals surface area contributed by atoms with E-state index in [1.807, 2.05) is 6.92 Å². The largest absolute Gasteiger partial charge is 0.378 e. The summed E-state index contributed by atoms with van der Waals surface area (Å²) in [5.74, 6) is 0. The molecule has 7 nitrogen and oxygen atoms in total. The lowest BCUT2D eigenvalue weighted by Gasteiger charge is -2.31. The predicted octanol–water partition coefficient (Wildman–Crippen LogP) is 0.319. The van der Waals surface area contributed by atoms with Crippen LogP contribution in [0.5, 0.6) is 0 Å². The molecule has 0 spiro atoms. The average Bonchev–Trinajstić information content (AvgIpc) is 2.88. The molecule has 2 rings (SSSR count). The fourth-order valence-electron chi connectivity index (χ4n) is 2.23. The van der Waals surface area contributed by atoms with Crippen LogP contribution in [-0.2, 0) is 21.3 Å². The van der Waals surface area contributed by atoms with Crippen LogP contribution in [0.2, 0.25) is 0 Å². The Balaban J connectivity index is 2.19. The number of ether oxygens (including phenoxy) is 1. The van der Waals surface area contributed by atoms with Crippen LogP contribution in [0.4, 0.5) is 0 Å². The number of aromatic nitrogens is 2. The van der Waals surface area contributed by atoms with Gasteiger partial charge in [0.1, 0.15) is 0 Å². The minimum atomic E-state index is -3.54. The van der Waals surface area contributed by atoms with Gasteiger partial charge in [0, 0.05) is 24.7 Å². The molecular formula is C12H22N4O3S. The lowest BCUT2D eigenvalue weighted by molar-refractivity contribution is 0.0391. The highest BCUT2D eigenvalue weighted by Gasteiger charge is 2.34. The van der Waals surface area contributed by atoms with Crippen molar-refractivity contribution in [2.24, 2.45) is 0 Å². The molecule has 0 saturated carbocycles. The van der Waals surface area contributed by atoms with Crippen molar-refractivity contribution >= 4 is 10.0 Å². The van der Waals surface area contributed by atoms with Crippen molar-refractivity contribution in [2.45, 2.75) is 37.9 Å². The van der Waals surface area contributed by atoms with Gasteiger partial charge in [0.2, 0.25) is 0 Å². The average molecular weight is 302 g/mol. The molecule has 1 aliphatic rings. The van der Waals surface area contributed by atoms with E-state index in [4.69, 9.17) is 4.74 Å². The molecule has 0 aliphatic carbocycles. The summed E-state index contributed by atoms with van der Waals surface area (Å²) in [4.78, 5) is 0. The predicted molar refractivity (Wildman–Crippen MR) is 74.8 cm³/mol. The van der Waals surface area contributed by atoms with Gasteiger partial charge in [-0.2, -0.15) is 9.40 Å². The van der Waals surface area contributed by atoms with Crippen LogP contribution >= 0.6 is 0 Å². The Kier molecular flexibility index (Phi) is 5.14. The van der Waals surface area contributed by atoms with Gasteiger partial charge in [-0.15, -0.1) is 0 Å². The molecule has 1 aromatic heterocycles. The molecule has 0 aromatic carbocycles. The topological polar surface area (TPSA) is 87.3 Å². The van der Waals surface area contributed by atoms with E-state index in [-0.39, 0.29) is 11.1 Å². The zero-order valence-corrected chi connectivity index (χ0v) is 12.7. The smallest absolute Gasteiger partial charge is 0.260 e. The van der Waals surface area contributed by atoms with Crippen molar-refractivity contribution < 1.29 is 13.2 Å². The number of nitrogens with one attached hydrogen (secondary N) is 2. The summed E-state index contributed by atoms with van der Waals surface area (Å²) < 4.78 is 32.1. The fraction of sp³-hybridized carbons (Fsp3) is 0.750. The van der Waals surface area contributed by atoms with E-state index in [9.17, 15) is 8.42 Å². The van der Waals surface area contributed by atoms with Gasteiger partial charge in [-0.1, -0.05) is 6.92 Å². The third-order valence-corrected chi connectivity index (χ3v) is 5.32. The molecule has 1 aliphatic heterocycles. The Hall–Kier alpha value is -0.960. The maximum absolute atomic E-state index is 12.7. The number of hydrogen-bond donors (Lipinski definition) is 2. The molecule has 2 N–H and O–H groups in total. The van der Waals surface area contributed by atoms with Crippen LogP contribution in [-0.4, -0.2) is 55.3 Å². The van der Waals surface area contributed by atoms with Gasteiger partial charge in [-0.25, -0.2) is 8.42 Å². The van der Waals surface area contributed by atoms with E-state index in [0.29, 0.717) is 31.9 Å². The molecule has 0 radical (unpaired) electrons. The second-order valence-corrected chi connectivity index (χ2v) is 6.77. The van der Waals surface area contributed by atoms with Crippen LogP contribution in [0.3, 0.4) is 0 Å². The van der Waals surface area contributed by atoms with Gasteiger partial charge < -0.3 is 10.1 Å². The lowest BCUT2D eigenvalue weighted by atomic mass is 10.3. The highest BCUT2D eigenvalue weighted by atomic mass is 32.2. The SMILES string of the molecule is CCCNCc1cn[nH]c1S(=O)(=O)N1CCOCC1C. The normalized spacial score (nSPS) is 21.2. The van der Waals surface area contributed by atoms with Crippen LogP contribution in [0.25, 0.3) is 0 Å².